The SMILES string of the molecule is CCC1C=NN(c2ccc(OC(F)(F)F)c(OC)c2)C(=O)C1. The summed E-state index contributed by atoms with van der Waals surface area (Å²) in [5, 5.41) is 5.20. The molecule has 2 rings (SSSR count). The maximum absolute atomic E-state index is 12.3. The van der Waals surface area contributed by atoms with Crippen molar-refractivity contribution in [2.75, 3.05) is 12.1 Å². The number of nitrogens with zero attached hydrogens (tertiary/aromatic N) is 2. The molecule has 0 saturated carbocycles. The smallest absolute Gasteiger partial charge is 0.493 e. The highest BCUT2D eigenvalue weighted by molar-refractivity contribution is 5.97. The van der Waals surface area contributed by atoms with Crippen LogP contribution in [0, 0.1) is 5.92 Å². The number of carbonyl (C=O) groups excluding carboxylic acids is 1. The van der Waals surface area contributed by atoms with Gasteiger partial charge >= 0.3 is 6.36 Å². The van der Waals surface area contributed by atoms with Gasteiger partial charge in [-0.15, -0.1) is 13.2 Å². The molecule has 0 aliphatic carbocycles. The Morgan fingerprint density at radius 1 is 1.36 bits per heavy atom. The first-order valence-corrected chi connectivity index (χ1v) is 6.65. The van der Waals surface area contributed by atoms with E-state index in [2.05, 4.69) is 9.84 Å². The molecule has 22 heavy (non-hydrogen) atoms. The van der Waals surface area contributed by atoms with Crippen LogP contribution in [-0.4, -0.2) is 25.6 Å². The second-order valence-corrected chi connectivity index (χ2v) is 4.73. The molecule has 1 aromatic rings. The van der Waals surface area contributed by atoms with Crippen molar-refractivity contribution in [1.29, 1.82) is 0 Å². The van der Waals surface area contributed by atoms with Gasteiger partial charge in [-0.3, -0.25) is 4.79 Å². The zero-order valence-corrected chi connectivity index (χ0v) is 12.1. The maximum atomic E-state index is 12.3. The lowest BCUT2D eigenvalue weighted by Gasteiger charge is -2.24. The van der Waals surface area contributed by atoms with E-state index in [1.165, 1.54) is 19.2 Å². The van der Waals surface area contributed by atoms with Gasteiger partial charge in [-0.2, -0.15) is 5.10 Å². The number of anilines is 1. The van der Waals surface area contributed by atoms with Gasteiger partial charge in [-0.05, 0) is 18.6 Å². The Balaban J connectivity index is 2.28. The highest BCUT2D eigenvalue weighted by Gasteiger charge is 2.33. The molecular formula is C14H15F3N2O3. The van der Waals surface area contributed by atoms with Gasteiger partial charge in [0.25, 0.3) is 0 Å². The number of ether oxygens (including phenoxy) is 2. The molecule has 1 amide bonds. The van der Waals surface area contributed by atoms with Gasteiger partial charge in [0.15, 0.2) is 11.5 Å². The van der Waals surface area contributed by atoms with Crippen molar-refractivity contribution in [3.8, 4) is 11.5 Å². The molecule has 1 aliphatic heterocycles. The van der Waals surface area contributed by atoms with Gasteiger partial charge in [0.1, 0.15) is 0 Å². The third-order valence-corrected chi connectivity index (χ3v) is 3.21. The standard InChI is InChI=1S/C14H15F3N2O3/c1-3-9-6-13(20)19(18-8-9)10-4-5-11(12(7-10)21-2)22-14(15,16)17/h4-5,7-9H,3,6H2,1-2H3. The van der Waals surface area contributed by atoms with E-state index >= 15 is 0 Å². The number of alkyl halides is 3. The largest absolute Gasteiger partial charge is 0.573 e. The van der Waals surface area contributed by atoms with Crippen LogP contribution in [0.15, 0.2) is 23.3 Å². The molecule has 0 saturated heterocycles. The number of benzene rings is 1. The Bertz CT molecular complexity index is 587. The van der Waals surface area contributed by atoms with Gasteiger partial charge in [0.2, 0.25) is 5.91 Å². The quantitative estimate of drug-likeness (QED) is 0.856. The van der Waals surface area contributed by atoms with Crippen LogP contribution in [0.25, 0.3) is 0 Å². The third kappa shape index (κ3) is 3.69. The first-order chi connectivity index (χ1) is 10.3. The lowest BCUT2D eigenvalue weighted by Crippen LogP contribution is -2.32. The average molecular weight is 316 g/mol. The van der Waals surface area contributed by atoms with E-state index in [1.807, 2.05) is 6.92 Å². The van der Waals surface area contributed by atoms with Gasteiger partial charge in [-0.1, -0.05) is 6.92 Å². The minimum absolute atomic E-state index is 0.0819. The average Bonchev–Trinajstić information content (AvgIpc) is 2.46. The summed E-state index contributed by atoms with van der Waals surface area (Å²) in [5.41, 5.74) is 0.321. The van der Waals surface area contributed by atoms with E-state index in [0.29, 0.717) is 12.1 Å². The predicted octanol–water partition coefficient (Wildman–Crippen LogP) is 3.34. The molecule has 1 unspecified atom stereocenters. The lowest BCUT2D eigenvalue weighted by atomic mass is 10.0. The van der Waals surface area contributed by atoms with Crippen LogP contribution in [0.4, 0.5) is 18.9 Å². The Morgan fingerprint density at radius 3 is 2.64 bits per heavy atom. The summed E-state index contributed by atoms with van der Waals surface area (Å²) in [7, 11) is 1.22. The monoisotopic (exact) mass is 316 g/mol. The van der Waals surface area contributed by atoms with Crippen molar-refractivity contribution >= 4 is 17.8 Å². The van der Waals surface area contributed by atoms with Gasteiger partial charge in [0, 0.05) is 24.6 Å². The van der Waals surface area contributed by atoms with E-state index in [1.54, 1.807) is 6.21 Å². The second kappa shape index (κ2) is 6.25. The van der Waals surface area contributed by atoms with E-state index in [-0.39, 0.29) is 17.6 Å². The second-order valence-electron chi connectivity index (χ2n) is 4.73. The number of hydrogen-bond donors (Lipinski definition) is 0. The van der Waals surface area contributed by atoms with Crippen LogP contribution in [0.1, 0.15) is 19.8 Å². The summed E-state index contributed by atoms with van der Waals surface area (Å²) >= 11 is 0. The minimum Gasteiger partial charge on any atom is -0.493 e. The Morgan fingerprint density at radius 2 is 2.09 bits per heavy atom. The molecule has 1 heterocycles. The van der Waals surface area contributed by atoms with Crippen molar-refractivity contribution in [3.63, 3.8) is 0 Å². The summed E-state index contributed by atoms with van der Waals surface area (Å²) in [6.45, 7) is 1.95. The van der Waals surface area contributed by atoms with Crippen LogP contribution in [-0.2, 0) is 4.79 Å². The normalized spacial score (nSPS) is 18.5. The third-order valence-electron chi connectivity index (χ3n) is 3.21. The molecule has 0 aromatic heterocycles. The number of amides is 1. The fourth-order valence-electron chi connectivity index (χ4n) is 2.05. The molecule has 0 spiro atoms. The van der Waals surface area contributed by atoms with Gasteiger partial charge < -0.3 is 9.47 Å². The molecule has 5 nitrogen and oxygen atoms in total. The summed E-state index contributed by atoms with van der Waals surface area (Å²) in [6, 6.07) is 3.70. The van der Waals surface area contributed by atoms with Crippen molar-refractivity contribution in [1.82, 2.24) is 0 Å². The van der Waals surface area contributed by atoms with E-state index in [0.717, 1.165) is 17.5 Å². The van der Waals surface area contributed by atoms with Crippen molar-refractivity contribution < 1.29 is 27.4 Å². The number of halogens is 3. The highest BCUT2D eigenvalue weighted by atomic mass is 19.4. The Kier molecular flexibility index (Phi) is 4.58. The number of rotatable bonds is 4. The van der Waals surface area contributed by atoms with Crippen molar-refractivity contribution in [2.24, 2.45) is 11.0 Å². The Labute approximate surface area is 125 Å². The molecule has 1 aliphatic rings. The van der Waals surface area contributed by atoms with Gasteiger partial charge in [-0.25, -0.2) is 5.01 Å². The van der Waals surface area contributed by atoms with Crippen LogP contribution in [0.2, 0.25) is 0 Å². The summed E-state index contributed by atoms with van der Waals surface area (Å²) in [5.74, 6) is -0.742. The summed E-state index contributed by atoms with van der Waals surface area (Å²) in [4.78, 5) is 12.0. The zero-order chi connectivity index (χ0) is 16.3. The highest BCUT2D eigenvalue weighted by Crippen LogP contribution is 2.36. The van der Waals surface area contributed by atoms with Crippen molar-refractivity contribution in [3.05, 3.63) is 18.2 Å². The number of hydrogen-bond acceptors (Lipinski definition) is 4. The fourth-order valence-corrected chi connectivity index (χ4v) is 2.05. The fraction of sp³-hybridized carbons (Fsp3) is 0.429. The van der Waals surface area contributed by atoms with Crippen LogP contribution in [0.5, 0.6) is 11.5 Å². The molecule has 0 radical (unpaired) electrons. The van der Waals surface area contributed by atoms with Crippen LogP contribution in [0.3, 0.4) is 0 Å². The van der Waals surface area contributed by atoms with E-state index < -0.39 is 12.1 Å². The van der Waals surface area contributed by atoms with Crippen molar-refractivity contribution in [2.45, 2.75) is 26.1 Å². The molecular weight excluding hydrogens is 301 g/mol. The van der Waals surface area contributed by atoms with Crippen LogP contribution >= 0.6 is 0 Å². The predicted molar refractivity (Wildman–Crippen MR) is 74.1 cm³/mol. The zero-order valence-electron chi connectivity index (χ0n) is 12.1. The molecule has 120 valence electrons. The molecule has 8 heteroatoms. The van der Waals surface area contributed by atoms with Gasteiger partial charge in [0.05, 0.1) is 12.8 Å². The lowest BCUT2D eigenvalue weighted by molar-refractivity contribution is -0.275. The number of hydrazone groups is 1. The summed E-state index contributed by atoms with van der Waals surface area (Å²) < 4.78 is 45.6. The summed E-state index contributed by atoms with van der Waals surface area (Å²) in [6.07, 6.45) is -2.05. The van der Waals surface area contributed by atoms with Crippen LogP contribution < -0.4 is 14.5 Å². The Hall–Kier alpha value is -2.25. The molecule has 0 fully saturated rings. The first kappa shape index (κ1) is 16.1. The molecule has 1 atom stereocenters. The molecule has 0 N–H and O–H groups in total. The minimum atomic E-state index is -4.82. The molecule has 0 bridgehead atoms. The van der Waals surface area contributed by atoms with E-state index in [9.17, 15) is 18.0 Å². The number of methoxy groups -OCH3 is 1. The number of carbonyl (C=O) groups is 1. The maximum Gasteiger partial charge on any atom is 0.573 e. The van der Waals surface area contributed by atoms with E-state index in [4.69, 9.17) is 4.74 Å². The topological polar surface area (TPSA) is 51.1 Å². The molecule has 1 aromatic carbocycles. The first-order valence-electron chi connectivity index (χ1n) is 6.65.